The van der Waals surface area contributed by atoms with Gasteiger partial charge in [-0.1, -0.05) is 59.8 Å². The van der Waals surface area contributed by atoms with Gasteiger partial charge in [0.2, 0.25) is 0 Å². The van der Waals surface area contributed by atoms with Crippen molar-refractivity contribution < 1.29 is 8.78 Å². The van der Waals surface area contributed by atoms with Gasteiger partial charge in [-0.3, -0.25) is 4.99 Å². The summed E-state index contributed by atoms with van der Waals surface area (Å²) in [5, 5.41) is 0. The Labute approximate surface area is 203 Å². The highest BCUT2D eigenvalue weighted by Gasteiger charge is 2.35. The van der Waals surface area contributed by atoms with E-state index in [0.29, 0.717) is 22.9 Å². The summed E-state index contributed by atoms with van der Waals surface area (Å²) >= 11 is 0. The molecule has 0 aliphatic heterocycles. The number of nitrogens with zero attached hydrogens (tertiary/aromatic N) is 1. The molecule has 2 unspecified atom stereocenters. The number of rotatable bonds is 7. The highest BCUT2D eigenvalue weighted by Crippen LogP contribution is 2.43. The van der Waals surface area contributed by atoms with Crippen molar-refractivity contribution in [1.29, 1.82) is 0 Å². The zero-order chi connectivity index (χ0) is 25.0. The van der Waals surface area contributed by atoms with Gasteiger partial charge in [0.25, 0.3) is 0 Å². The smallest absolute Gasteiger partial charge is 0.123 e. The number of hydrogen-bond acceptors (Lipinski definition) is 2. The van der Waals surface area contributed by atoms with Crippen LogP contribution in [0.3, 0.4) is 0 Å². The molecule has 2 nitrogen and oxygen atoms in total. The van der Waals surface area contributed by atoms with E-state index in [-0.39, 0.29) is 28.9 Å². The van der Waals surface area contributed by atoms with Gasteiger partial charge in [0.05, 0.1) is 11.4 Å². The maximum absolute atomic E-state index is 14.7. The third-order valence-corrected chi connectivity index (χ3v) is 6.85. The van der Waals surface area contributed by atoms with Crippen LogP contribution in [0.1, 0.15) is 64.7 Å². The SMILES string of the molecule is CC(C)CC(C)(c1cc(F)ccc1/C(N=C1C=CC=CC1C)=C(/N)c1ccc(F)cc1)C(C)C. The van der Waals surface area contributed by atoms with Crippen LogP contribution in [0.25, 0.3) is 11.4 Å². The van der Waals surface area contributed by atoms with Crippen LogP contribution in [0.2, 0.25) is 0 Å². The summed E-state index contributed by atoms with van der Waals surface area (Å²) in [6.45, 7) is 13.0. The van der Waals surface area contributed by atoms with Gasteiger partial charge < -0.3 is 5.73 Å². The zero-order valence-corrected chi connectivity index (χ0v) is 21.1. The molecule has 2 N–H and O–H groups in total. The molecule has 0 spiro atoms. The van der Waals surface area contributed by atoms with Crippen molar-refractivity contribution in [3.8, 4) is 0 Å². The Hall–Kier alpha value is -3.01. The van der Waals surface area contributed by atoms with Gasteiger partial charge in [0, 0.05) is 17.2 Å². The molecule has 0 aromatic heterocycles. The Bertz CT molecular complexity index is 1140. The third-order valence-electron chi connectivity index (χ3n) is 6.85. The van der Waals surface area contributed by atoms with Gasteiger partial charge in [-0.15, -0.1) is 0 Å². The molecule has 0 saturated heterocycles. The van der Waals surface area contributed by atoms with Gasteiger partial charge in [-0.2, -0.15) is 0 Å². The minimum absolute atomic E-state index is 0.108. The topological polar surface area (TPSA) is 38.4 Å². The van der Waals surface area contributed by atoms with Crippen LogP contribution in [0.5, 0.6) is 0 Å². The summed E-state index contributed by atoms with van der Waals surface area (Å²) < 4.78 is 28.3. The molecule has 0 amide bonds. The third kappa shape index (κ3) is 5.55. The molecule has 34 heavy (non-hydrogen) atoms. The van der Waals surface area contributed by atoms with Crippen molar-refractivity contribution in [3.63, 3.8) is 0 Å². The summed E-state index contributed by atoms with van der Waals surface area (Å²) in [7, 11) is 0. The fraction of sp³-hybridized carbons (Fsp3) is 0.367. The second kappa shape index (κ2) is 10.5. The van der Waals surface area contributed by atoms with Gasteiger partial charge in [-0.25, -0.2) is 8.78 Å². The van der Waals surface area contributed by atoms with E-state index in [1.165, 1.54) is 18.2 Å². The van der Waals surface area contributed by atoms with E-state index in [1.807, 2.05) is 18.2 Å². The van der Waals surface area contributed by atoms with Crippen molar-refractivity contribution in [1.82, 2.24) is 0 Å². The fourth-order valence-corrected chi connectivity index (χ4v) is 4.64. The molecule has 0 radical (unpaired) electrons. The van der Waals surface area contributed by atoms with Gasteiger partial charge >= 0.3 is 0 Å². The first-order valence-electron chi connectivity index (χ1n) is 12.0. The van der Waals surface area contributed by atoms with E-state index < -0.39 is 0 Å². The molecule has 0 heterocycles. The van der Waals surface area contributed by atoms with Crippen LogP contribution in [-0.2, 0) is 5.41 Å². The molecular weight excluding hydrogens is 426 g/mol. The molecule has 180 valence electrons. The van der Waals surface area contributed by atoms with E-state index in [9.17, 15) is 8.78 Å². The second-order valence-corrected chi connectivity index (χ2v) is 10.2. The van der Waals surface area contributed by atoms with Crippen molar-refractivity contribution >= 4 is 17.1 Å². The fourth-order valence-electron chi connectivity index (χ4n) is 4.64. The summed E-state index contributed by atoms with van der Waals surface area (Å²) in [4.78, 5) is 5.04. The average Bonchev–Trinajstić information content (AvgIpc) is 2.78. The van der Waals surface area contributed by atoms with Gasteiger partial charge in [-0.05, 0) is 83.3 Å². The number of benzene rings is 2. The van der Waals surface area contributed by atoms with Gasteiger partial charge in [0.1, 0.15) is 11.6 Å². The highest BCUT2D eigenvalue weighted by atomic mass is 19.1. The Morgan fingerprint density at radius 2 is 1.65 bits per heavy atom. The molecule has 2 atom stereocenters. The van der Waals surface area contributed by atoms with Crippen LogP contribution in [-0.4, -0.2) is 5.71 Å². The monoisotopic (exact) mass is 462 g/mol. The number of halogens is 2. The average molecular weight is 463 g/mol. The Morgan fingerprint density at radius 1 is 1.00 bits per heavy atom. The maximum atomic E-state index is 14.7. The van der Waals surface area contributed by atoms with Crippen molar-refractivity contribution in [2.75, 3.05) is 0 Å². The molecule has 4 heteroatoms. The van der Waals surface area contributed by atoms with Crippen LogP contribution >= 0.6 is 0 Å². The molecular formula is C30H36F2N2. The summed E-state index contributed by atoms with van der Waals surface area (Å²) in [5.74, 6) is 0.175. The van der Waals surface area contributed by atoms with E-state index in [0.717, 1.165) is 23.3 Å². The molecule has 0 saturated carbocycles. The largest absolute Gasteiger partial charge is 0.396 e. The number of nitrogens with two attached hydrogens (primary N) is 1. The number of hydrogen-bond donors (Lipinski definition) is 1. The first-order chi connectivity index (χ1) is 16.0. The molecule has 2 aromatic carbocycles. The van der Waals surface area contributed by atoms with Crippen LogP contribution in [0.15, 0.2) is 71.8 Å². The van der Waals surface area contributed by atoms with E-state index in [1.54, 1.807) is 24.3 Å². The molecule has 0 bridgehead atoms. The Kier molecular flexibility index (Phi) is 7.91. The first kappa shape index (κ1) is 25.6. The van der Waals surface area contributed by atoms with Crippen LogP contribution < -0.4 is 5.73 Å². The van der Waals surface area contributed by atoms with Crippen LogP contribution in [0.4, 0.5) is 8.78 Å². The quantitative estimate of drug-likeness (QED) is 0.417. The summed E-state index contributed by atoms with van der Waals surface area (Å²) in [5.41, 5.74) is 10.7. The lowest BCUT2D eigenvalue weighted by atomic mass is 9.67. The van der Waals surface area contributed by atoms with E-state index in [4.69, 9.17) is 10.7 Å². The van der Waals surface area contributed by atoms with Crippen LogP contribution in [0, 0.1) is 29.4 Å². The molecule has 1 aliphatic carbocycles. The van der Waals surface area contributed by atoms with Crippen molar-refractivity contribution in [2.24, 2.45) is 28.5 Å². The first-order valence-corrected chi connectivity index (χ1v) is 12.0. The minimum Gasteiger partial charge on any atom is -0.396 e. The highest BCUT2D eigenvalue weighted by molar-refractivity contribution is 6.05. The van der Waals surface area contributed by atoms with Gasteiger partial charge in [0.15, 0.2) is 0 Å². The predicted octanol–water partition coefficient (Wildman–Crippen LogP) is 7.91. The molecule has 0 fully saturated rings. The summed E-state index contributed by atoms with van der Waals surface area (Å²) in [6, 6.07) is 11.0. The predicted molar refractivity (Wildman–Crippen MR) is 140 cm³/mol. The number of aliphatic imine (C=N–C) groups is 1. The normalized spacial score (nSPS) is 19.6. The van der Waals surface area contributed by atoms with E-state index >= 15 is 0 Å². The lowest BCUT2D eigenvalue weighted by Gasteiger charge is -2.38. The molecule has 3 rings (SSSR count). The van der Waals surface area contributed by atoms with E-state index in [2.05, 4.69) is 47.6 Å². The lowest BCUT2D eigenvalue weighted by Crippen LogP contribution is -2.32. The Morgan fingerprint density at radius 3 is 2.24 bits per heavy atom. The zero-order valence-electron chi connectivity index (χ0n) is 21.1. The standard InChI is InChI=1S/C30H36F2N2/c1-19(2)18-30(6,20(3)4)26-17-24(32)15-16-25(26)29(34-27-10-8-7-9-21(27)5)28(33)22-11-13-23(31)14-12-22/h7-17,19-21H,18,33H2,1-6H3/b29-28-,34-27?. The minimum atomic E-state index is -0.329. The maximum Gasteiger partial charge on any atom is 0.123 e. The number of allylic oxidation sites excluding steroid dienone is 4. The van der Waals surface area contributed by atoms with Crippen molar-refractivity contribution in [3.05, 3.63) is 95.1 Å². The second-order valence-electron chi connectivity index (χ2n) is 10.2. The summed E-state index contributed by atoms with van der Waals surface area (Å²) in [6.07, 6.45) is 8.89. The Balaban J connectivity index is 2.34. The molecule has 2 aromatic rings. The molecule has 1 aliphatic rings. The lowest BCUT2D eigenvalue weighted by molar-refractivity contribution is 0.275. The van der Waals surface area contributed by atoms with Crippen molar-refractivity contribution in [2.45, 2.75) is 53.4 Å².